The van der Waals surface area contributed by atoms with E-state index in [9.17, 15) is 4.79 Å². The van der Waals surface area contributed by atoms with Crippen LogP contribution in [0.1, 0.15) is 27.2 Å². The number of ether oxygens (including phenoxy) is 1. The molecule has 0 bridgehead atoms. The van der Waals surface area contributed by atoms with Crippen LogP contribution in [0.4, 0.5) is 0 Å². The van der Waals surface area contributed by atoms with Crippen LogP contribution < -0.4 is 5.32 Å². The van der Waals surface area contributed by atoms with Crippen LogP contribution in [0.25, 0.3) is 11.2 Å². The van der Waals surface area contributed by atoms with Crippen LogP contribution in [0.2, 0.25) is 0 Å². The lowest BCUT2D eigenvalue weighted by atomic mass is 10.4. The average molecular weight is 323 g/mol. The molecule has 2 heterocycles. The summed E-state index contributed by atoms with van der Waals surface area (Å²) in [5.41, 5.74) is 1.37. The van der Waals surface area contributed by atoms with E-state index in [1.54, 1.807) is 6.33 Å². The monoisotopic (exact) mass is 323 g/mol. The molecule has 0 radical (unpaired) electrons. The Labute approximate surface area is 133 Å². The highest BCUT2D eigenvalue weighted by Gasteiger charge is 2.17. The SMILES string of the molecule is CC(C)OCCCNC(=O)[C@H](C)Sc1ncnc2nc[nH]c12. The van der Waals surface area contributed by atoms with Crippen LogP contribution in [0.15, 0.2) is 17.7 Å². The molecular weight excluding hydrogens is 302 g/mol. The van der Waals surface area contributed by atoms with Gasteiger partial charge in [-0.1, -0.05) is 11.8 Å². The zero-order chi connectivity index (χ0) is 15.9. The van der Waals surface area contributed by atoms with E-state index < -0.39 is 0 Å². The molecule has 0 fully saturated rings. The second kappa shape index (κ2) is 8.09. The molecule has 8 heteroatoms. The van der Waals surface area contributed by atoms with Crippen molar-refractivity contribution in [2.75, 3.05) is 13.2 Å². The number of amides is 1. The number of nitrogens with one attached hydrogen (secondary N) is 2. The van der Waals surface area contributed by atoms with Gasteiger partial charge in [-0.3, -0.25) is 4.79 Å². The summed E-state index contributed by atoms with van der Waals surface area (Å²) in [6, 6.07) is 0. The molecule has 2 rings (SSSR count). The Hall–Kier alpha value is -1.67. The highest BCUT2D eigenvalue weighted by atomic mass is 32.2. The number of fused-ring (bicyclic) bond motifs is 1. The zero-order valence-electron chi connectivity index (χ0n) is 13.0. The highest BCUT2D eigenvalue weighted by molar-refractivity contribution is 8.00. The van der Waals surface area contributed by atoms with E-state index in [1.165, 1.54) is 18.1 Å². The molecule has 0 aliphatic heterocycles. The van der Waals surface area contributed by atoms with Crippen molar-refractivity contribution in [3.8, 4) is 0 Å². The molecule has 0 aliphatic rings. The third-order valence-corrected chi connectivity index (χ3v) is 4.02. The molecule has 2 aromatic rings. The van der Waals surface area contributed by atoms with Crippen molar-refractivity contribution in [3.63, 3.8) is 0 Å². The summed E-state index contributed by atoms with van der Waals surface area (Å²) in [7, 11) is 0. The lowest BCUT2D eigenvalue weighted by Crippen LogP contribution is -2.32. The van der Waals surface area contributed by atoms with E-state index in [4.69, 9.17) is 4.74 Å². The Bertz CT molecular complexity index is 616. The summed E-state index contributed by atoms with van der Waals surface area (Å²) in [5, 5.41) is 3.40. The number of hydrogen-bond acceptors (Lipinski definition) is 6. The maximum absolute atomic E-state index is 12.1. The van der Waals surface area contributed by atoms with E-state index in [-0.39, 0.29) is 17.3 Å². The number of thioether (sulfide) groups is 1. The van der Waals surface area contributed by atoms with Gasteiger partial charge >= 0.3 is 0 Å². The van der Waals surface area contributed by atoms with Gasteiger partial charge in [0.2, 0.25) is 5.91 Å². The number of carbonyl (C=O) groups is 1. The number of carbonyl (C=O) groups excluding carboxylic acids is 1. The molecule has 7 nitrogen and oxygen atoms in total. The Morgan fingerprint density at radius 3 is 2.95 bits per heavy atom. The molecule has 0 saturated carbocycles. The van der Waals surface area contributed by atoms with Crippen LogP contribution in [0, 0.1) is 0 Å². The van der Waals surface area contributed by atoms with Gasteiger partial charge in [-0.05, 0) is 27.2 Å². The van der Waals surface area contributed by atoms with Crippen molar-refractivity contribution in [2.24, 2.45) is 0 Å². The Balaban J connectivity index is 1.80. The fourth-order valence-corrected chi connectivity index (χ4v) is 2.70. The second-order valence-corrected chi connectivity index (χ2v) is 6.43. The highest BCUT2D eigenvalue weighted by Crippen LogP contribution is 2.25. The summed E-state index contributed by atoms with van der Waals surface area (Å²) >= 11 is 1.39. The summed E-state index contributed by atoms with van der Waals surface area (Å²) in [4.78, 5) is 27.4. The van der Waals surface area contributed by atoms with Gasteiger partial charge in [0.25, 0.3) is 0 Å². The molecule has 2 N–H and O–H groups in total. The maximum atomic E-state index is 12.1. The standard InChI is InChI=1S/C14H21N5O2S/c1-9(2)21-6-4-5-15-13(20)10(3)22-14-11-12(17-7-16-11)18-8-19-14/h7-10H,4-6H2,1-3H3,(H,15,20)(H,16,17,18,19)/t10-/m0/s1. The maximum Gasteiger partial charge on any atom is 0.233 e. The minimum absolute atomic E-state index is 0.0131. The van der Waals surface area contributed by atoms with Crippen LogP contribution in [0.5, 0.6) is 0 Å². The first-order chi connectivity index (χ1) is 10.6. The average Bonchev–Trinajstić information content (AvgIpc) is 2.95. The molecule has 0 aromatic carbocycles. The summed E-state index contributed by atoms with van der Waals surface area (Å²) in [6.07, 6.45) is 4.06. The van der Waals surface area contributed by atoms with E-state index >= 15 is 0 Å². The first-order valence-corrected chi connectivity index (χ1v) is 8.16. The zero-order valence-corrected chi connectivity index (χ0v) is 13.8. The lowest BCUT2D eigenvalue weighted by Gasteiger charge is -2.12. The van der Waals surface area contributed by atoms with Crippen molar-refractivity contribution >= 4 is 28.8 Å². The quantitative estimate of drug-likeness (QED) is 0.437. The van der Waals surface area contributed by atoms with Gasteiger partial charge in [-0.25, -0.2) is 15.0 Å². The lowest BCUT2D eigenvalue weighted by molar-refractivity contribution is -0.120. The predicted molar refractivity (Wildman–Crippen MR) is 85.7 cm³/mol. The van der Waals surface area contributed by atoms with Gasteiger partial charge in [0, 0.05) is 13.2 Å². The minimum atomic E-state index is -0.243. The second-order valence-electron chi connectivity index (χ2n) is 5.10. The van der Waals surface area contributed by atoms with Crippen molar-refractivity contribution in [1.29, 1.82) is 0 Å². The normalized spacial score (nSPS) is 12.7. The predicted octanol–water partition coefficient (Wildman–Crippen LogP) is 1.76. The summed E-state index contributed by atoms with van der Waals surface area (Å²) < 4.78 is 5.43. The van der Waals surface area contributed by atoms with Crippen LogP contribution in [0.3, 0.4) is 0 Å². The van der Waals surface area contributed by atoms with Crippen molar-refractivity contribution in [2.45, 2.75) is 43.6 Å². The third-order valence-electron chi connectivity index (χ3n) is 2.92. The van der Waals surface area contributed by atoms with E-state index in [2.05, 4.69) is 25.3 Å². The molecule has 1 atom stereocenters. The number of H-pyrrole nitrogens is 1. The van der Waals surface area contributed by atoms with Gasteiger partial charge in [0.15, 0.2) is 5.65 Å². The largest absolute Gasteiger partial charge is 0.379 e. The fraction of sp³-hybridized carbons (Fsp3) is 0.571. The first kappa shape index (κ1) is 16.7. The van der Waals surface area contributed by atoms with Crippen molar-refractivity contribution in [3.05, 3.63) is 12.7 Å². The molecule has 0 aliphatic carbocycles. The molecular formula is C14H21N5O2S. The fourth-order valence-electron chi connectivity index (χ4n) is 1.80. The van der Waals surface area contributed by atoms with Crippen molar-refractivity contribution < 1.29 is 9.53 Å². The van der Waals surface area contributed by atoms with Gasteiger partial charge in [-0.15, -0.1) is 0 Å². The number of hydrogen-bond donors (Lipinski definition) is 2. The third kappa shape index (κ3) is 4.67. The molecule has 2 aromatic heterocycles. The van der Waals surface area contributed by atoms with Crippen molar-refractivity contribution in [1.82, 2.24) is 25.3 Å². The first-order valence-electron chi connectivity index (χ1n) is 7.28. The summed E-state index contributed by atoms with van der Waals surface area (Å²) in [6.45, 7) is 7.11. The van der Waals surface area contributed by atoms with E-state index in [0.29, 0.717) is 18.8 Å². The number of nitrogens with zero attached hydrogens (tertiary/aromatic N) is 3. The topological polar surface area (TPSA) is 92.8 Å². The Morgan fingerprint density at radius 1 is 1.36 bits per heavy atom. The number of aromatic amines is 1. The van der Waals surface area contributed by atoms with Crippen LogP contribution in [-0.2, 0) is 9.53 Å². The van der Waals surface area contributed by atoms with Gasteiger partial charge in [0.1, 0.15) is 16.9 Å². The smallest absolute Gasteiger partial charge is 0.233 e. The Kier molecular flexibility index (Phi) is 6.14. The Morgan fingerprint density at radius 2 is 2.18 bits per heavy atom. The van der Waals surface area contributed by atoms with Gasteiger partial charge in [0.05, 0.1) is 17.7 Å². The number of imidazole rings is 1. The summed E-state index contributed by atoms with van der Waals surface area (Å²) in [5.74, 6) is -0.0131. The van der Waals surface area contributed by atoms with E-state index in [0.717, 1.165) is 17.0 Å². The number of rotatable bonds is 8. The van der Waals surface area contributed by atoms with Crippen LogP contribution >= 0.6 is 11.8 Å². The van der Waals surface area contributed by atoms with Gasteiger partial charge in [-0.2, -0.15) is 0 Å². The molecule has 1 amide bonds. The van der Waals surface area contributed by atoms with Gasteiger partial charge < -0.3 is 15.0 Å². The molecule has 22 heavy (non-hydrogen) atoms. The number of aromatic nitrogens is 4. The van der Waals surface area contributed by atoms with E-state index in [1.807, 2.05) is 20.8 Å². The van der Waals surface area contributed by atoms with Crippen LogP contribution in [-0.4, -0.2) is 50.3 Å². The molecule has 0 saturated heterocycles. The molecule has 120 valence electrons. The minimum Gasteiger partial charge on any atom is -0.379 e. The molecule has 0 unspecified atom stereocenters. The molecule has 0 spiro atoms.